The Kier molecular flexibility index (Phi) is 5.60. The summed E-state index contributed by atoms with van der Waals surface area (Å²) in [7, 11) is 0.642. The van der Waals surface area contributed by atoms with E-state index in [4.69, 9.17) is 14.2 Å². The monoisotopic (exact) mass is 416 g/mol. The first-order valence-corrected chi connectivity index (χ1v) is 10.4. The minimum atomic E-state index is -3.69. The van der Waals surface area contributed by atoms with Gasteiger partial charge in [-0.3, -0.25) is 0 Å². The molecule has 8 nitrogen and oxygen atoms in total. The topological polar surface area (TPSA) is 96.7 Å². The van der Waals surface area contributed by atoms with E-state index in [1.54, 1.807) is 49.6 Å². The zero-order valence-electron chi connectivity index (χ0n) is 16.4. The maximum absolute atomic E-state index is 12.4. The molecule has 0 amide bonds. The standard InChI is InChI=1S/C20H20N2O6S/c1-26-16-10-8-13(12-17(16)27-2)9-11-18-21-19-14(20(23)28-3)6-5-7-15(19)22(18)29(4,24)25/h5-12H,1-4H3/b11-9+. The highest BCUT2D eigenvalue weighted by Crippen LogP contribution is 2.29. The Morgan fingerprint density at radius 1 is 1.03 bits per heavy atom. The number of aromatic nitrogens is 2. The van der Waals surface area contributed by atoms with E-state index in [0.717, 1.165) is 15.8 Å². The minimum Gasteiger partial charge on any atom is -0.493 e. The molecular weight excluding hydrogens is 396 g/mol. The summed E-state index contributed by atoms with van der Waals surface area (Å²) in [6, 6.07) is 10.0. The summed E-state index contributed by atoms with van der Waals surface area (Å²) < 4.78 is 41.2. The number of fused-ring (bicyclic) bond motifs is 1. The van der Waals surface area contributed by atoms with Crippen molar-refractivity contribution in [1.29, 1.82) is 0 Å². The normalized spacial score (nSPS) is 11.7. The fraction of sp³-hybridized carbons (Fsp3) is 0.200. The molecule has 3 aromatic rings. The molecule has 0 spiro atoms. The van der Waals surface area contributed by atoms with Crippen molar-refractivity contribution in [2.24, 2.45) is 0 Å². The number of hydrogen-bond donors (Lipinski definition) is 0. The van der Waals surface area contributed by atoms with Crippen molar-refractivity contribution in [1.82, 2.24) is 8.96 Å². The van der Waals surface area contributed by atoms with Crippen LogP contribution in [0.2, 0.25) is 0 Å². The second-order valence-corrected chi connectivity index (χ2v) is 7.94. The van der Waals surface area contributed by atoms with Crippen LogP contribution in [0.3, 0.4) is 0 Å². The Labute approximate surface area is 168 Å². The molecule has 0 saturated carbocycles. The van der Waals surface area contributed by atoms with E-state index in [1.165, 1.54) is 20.3 Å². The number of nitrogens with zero attached hydrogens (tertiary/aromatic N) is 2. The molecule has 2 aromatic carbocycles. The maximum atomic E-state index is 12.4. The van der Waals surface area contributed by atoms with Crippen molar-refractivity contribution in [3.05, 3.63) is 53.3 Å². The van der Waals surface area contributed by atoms with Gasteiger partial charge in [0.25, 0.3) is 0 Å². The number of hydrogen-bond acceptors (Lipinski definition) is 7. The van der Waals surface area contributed by atoms with E-state index in [9.17, 15) is 13.2 Å². The number of para-hydroxylation sites is 1. The van der Waals surface area contributed by atoms with Crippen LogP contribution in [0.4, 0.5) is 0 Å². The van der Waals surface area contributed by atoms with E-state index in [1.807, 2.05) is 0 Å². The molecule has 0 fully saturated rings. The molecule has 0 unspecified atom stereocenters. The van der Waals surface area contributed by atoms with Crippen molar-refractivity contribution < 1.29 is 27.4 Å². The second kappa shape index (κ2) is 7.96. The average molecular weight is 416 g/mol. The zero-order valence-corrected chi connectivity index (χ0v) is 17.2. The maximum Gasteiger partial charge on any atom is 0.340 e. The number of carbonyl (C=O) groups is 1. The quantitative estimate of drug-likeness (QED) is 0.570. The highest BCUT2D eigenvalue weighted by molar-refractivity contribution is 7.89. The van der Waals surface area contributed by atoms with Crippen LogP contribution in [0, 0.1) is 0 Å². The molecule has 0 atom stereocenters. The Bertz CT molecular complexity index is 1210. The summed E-state index contributed by atoms with van der Waals surface area (Å²) in [6.45, 7) is 0. The third-order valence-electron chi connectivity index (χ3n) is 4.24. The summed E-state index contributed by atoms with van der Waals surface area (Å²) >= 11 is 0. The predicted molar refractivity (Wildman–Crippen MR) is 110 cm³/mol. The zero-order chi connectivity index (χ0) is 21.2. The fourth-order valence-electron chi connectivity index (χ4n) is 2.95. The number of rotatable bonds is 6. The SMILES string of the molecule is COC(=O)c1cccc2c1nc(/C=C/c1ccc(OC)c(OC)c1)n2S(C)(=O)=O. The Hall–Kier alpha value is -3.33. The van der Waals surface area contributed by atoms with Crippen LogP contribution >= 0.6 is 0 Å². The molecule has 0 aliphatic carbocycles. The number of esters is 1. The molecule has 152 valence electrons. The molecule has 0 radical (unpaired) electrons. The second-order valence-electron chi connectivity index (χ2n) is 6.11. The van der Waals surface area contributed by atoms with Crippen molar-refractivity contribution in [3.63, 3.8) is 0 Å². The lowest BCUT2D eigenvalue weighted by atomic mass is 10.2. The molecule has 1 heterocycles. The van der Waals surface area contributed by atoms with Crippen molar-refractivity contribution in [2.75, 3.05) is 27.6 Å². The first-order valence-electron chi connectivity index (χ1n) is 8.50. The van der Waals surface area contributed by atoms with Gasteiger partial charge in [-0.1, -0.05) is 18.2 Å². The van der Waals surface area contributed by atoms with E-state index in [0.29, 0.717) is 17.0 Å². The number of carbonyl (C=O) groups excluding carboxylic acids is 1. The van der Waals surface area contributed by atoms with Crippen LogP contribution in [-0.4, -0.2) is 50.9 Å². The third kappa shape index (κ3) is 3.95. The molecule has 0 aliphatic rings. The minimum absolute atomic E-state index is 0.161. The van der Waals surface area contributed by atoms with Crippen LogP contribution in [-0.2, 0) is 14.8 Å². The number of imidazole rings is 1. The van der Waals surface area contributed by atoms with Crippen molar-refractivity contribution in [2.45, 2.75) is 0 Å². The Morgan fingerprint density at radius 3 is 2.38 bits per heavy atom. The molecule has 0 N–H and O–H groups in total. The van der Waals surface area contributed by atoms with Crippen LogP contribution in [0.25, 0.3) is 23.2 Å². The van der Waals surface area contributed by atoms with Gasteiger partial charge in [0, 0.05) is 0 Å². The average Bonchev–Trinajstić information content (AvgIpc) is 3.10. The lowest BCUT2D eigenvalue weighted by Gasteiger charge is -2.07. The molecule has 29 heavy (non-hydrogen) atoms. The van der Waals surface area contributed by atoms with Crippen LogP contribution in [0.1, 0.15) is 21.7 Å². The van der Waals surface area contributed by atoms with E-state index < -0.39 is 16.0 Å². The van der Waals surface area contributed by atoms with Crippen LogP contribution in [0.15, 0.2) is 36.4 Å². The molecule has 0 saturated heterocycles. The van der Waals surface area contributed by atoms with Gasteiger partial charge in [0.15, 0.2) is 11.5 Å². The Balaban J connectivity index is 2.16. The molecular formula is C20H20N2O6S. The van der Waals surface area contributed by atoms with Crippen molar-refractivity contribution in [3.8, 4) is 11.5 Å². The van der Waals surface area contributed by atoms with Gasteiger partial charge in [0.1, 0.15) is 11.3 Å². The van der Waals surface area contributed by atoms with Gasteiger partial charge in [-0.2, -0.15) is 0 Å². The molecule has 0 aliphatic heterocycles. The van der Waals surface area contributed by atoms with Crippen molar-refractivity contribution >= 4 is 39.2 Å². The van der Waals surface area contributed by atoms with Gasteiger partial charge in [-0.05, 0) is 35.9 Å². The van der Waals surface area contributed by atoms with Gasteiger partial charge >= 0.3 is 5.97 Å². The summed E-state index contributed by atoms with van der Waals surface area (Å²) in [4.78, 5) is 16.4. The van der Waals surface area contributed by atoms with Gasteiger partial charge in [-0.15, -0.1) is 0 Å². The summed E-state index contributed by atoms with van der Waals surface area (Å²) in [5.41, 5.74) is 1.48. The molecule has 9 heteroatoms. The van der Waals surface area contributed by atoms with Gasteiger partial charge < -0.3 is 14.2 Å². The number of methoxy groups -OCH3 is 3. The highest BCUT2D eigenvalue weighted by atomic mass is 32.2. The van der Waals surface area contributed by atoms with Gasteiger partial charge in [0.05, 0.1) is 38.7 Å². The van der Waals surface area contributed by atoms with E-state index in [2.05, 4.69) is 4.98 Å². The van der Waals surface area contributed by atoms with E-state index >= 15 is 0 Å². The largest absolute Gasteiger partial charge is 0.493 e. The van der Waals surface area contributed by atoms with Crippen LogP contribution in [0.5, 0.6) is 11.5 Å². The molecule has 3 rings (SSSR count). The first-order chi connectivity index (χ1) is 13.8. The summed E-state index contributed by atoms with van der Waals surface area (Å²) in [5, 5.41) is 0. The van der Waals surface area contributed by atoms with Crippen LogP contribution < -0.4 is 9.47 Å². The third-order valence-corrected chi connectivity index (χ3v) is 5.28. The summed E-state index contributed by atoms with van der Waals surface area (Å²) in [6.07, 6.45) is 4.33. The Morgan fingerprint density at radius 2 is 1.76 bits per heavy atom. The molecule has 0 bridgehead atoms. The summed E-state index contributed by atoms with van der Waals surface area (Å²) in [5.74, 6) is 0.688. The number of benzene rings is 2. The van der Waals surface area contributed by atoms with E-state index in [-0.39, 0.29) is 16.9 Å². The van der Waals surface area contributed by atoms with Gasteiger partial charge in [0.2, 0.25) is 10.0 Å². The first kappa shape index (κ1) is 20.4. The number of ether oxygens (including phenoxy) is 3. The smallest absolute Gasteiger partial charge is 0.340 e. The predicted octanol–water partition coefficient (Wildman–Crippen LogP) is 2.82. The van der Waals surface area contributed by atoms with Gasteiger partial charge in [-0.25, -0.2) is 22.2 Å². The lowest BCUT2D eigenvalue weighted by molar-refractivity contribution is 0.0602. The molecule has 1 aromatic heterocycles. The highest BCUT2D eigenvalue weighted by Gasteiger charge is 2.21. The lowest BCUT2D eigenvalue weighted by Crippen LogP contribution is -2.11. The fourth-order valence-corrected chi connectivity index (χ4v) is 3.90.